The summed E-state index contributed by atoms with van der Waals surface area (Å²) in [7, 11) is 0. The van der Waals surface area contributed by atoms with Gasteiger partial charge in [0.05, 0.1) is 4.92 Å². The van der Waals surface area contributed by atoms with Gasteiger partial charge in [0.2, 0.25) is 5.91 Å². The van der Waals surface area contributed by atoms with E-state index < -0.39 is 10.8 Å². The third kappa shape index (κ3) is 5.16. The van der Waals surface area contributed by atoms with Gasteiger partial charge in [0.25, 0.3) is 5.69 Å². The third-order valence-corrected chi connectivity index (χ3v) is 4.88. The molecular formula is C22H29N3O3. The molecular weight excluding hydrogens is 354 g/mol. The van der Waals surface area contributed by atoms with Crippen LogP contribution in [-0.2, 0) is 12.0 Å². The number of rotatable bonds is 7. The van der Waals surface area contributed by atoms with E-state index in [1.54, 1.807) is 6.07 Å². The Morgan fingerprint density at radius 3 is 2.21 bits per heavy atom. The summed E-state index contributed by atoms with van der Waals surface area (Å²) in [5.74, 6) is -0.383. The number of nitro groups is 1. The van der Waals surface area contributed by atoms with Crippen molar-refractivity contribution in [1.29, 1.82) is 0 Å². The summed E-state index contributed by atoms with van der Waals surface area (Å²) in [6.07, 6.45) is 0. The second-order valence-electron chi connectivity index (χ2n) is 8.44. The van der Waals surface area contributed by atoms with Gasteiger partial charge in [-0.1, -0.05) is 65.0 Å². The average molecular weight is 383 g/mol. The predicted molar refractivity (Wildman–Crippen MR) is 111 cm³/mol. The zero-order valence-electron chi connectivity index (χ0n) is 17.2. The van der Waals surface area contributed by atoms with E-state index in [0.717, 1.165) is 5.56 Å². The molecule has 1 amide bonds. The van der Waals surface area contributed by atoms with Crippen molar-refractivity contribution in [3.05, 3.63) is 74.8 Å². The van der Waals surface area contributed by atoms with Gasteiger partial charge in [-0.25, -0.2) is 0 Å². The van der Waals surface area contributed by atoms with Gasteiger partial charge in [-0.15, -0.1) is 0 Å². The van der Waals surface area contributed by atoms with Gasteiger partial charge in [0.1, 0.15) is 0 Å². The molecule has 28 heavy (non-hydrogen) atoms. The number of hydrogen-bond donors (Lipinski definition) is 2. The summed E-state index contributed by atoms with van der Waals surface area (Å²) in [5.41, 5.74) is 8.27. The van der Waals surface area contributed by atoms with Gasteiger partial charge in [-0.3, -0.25) is 14.9 Å². The van der Waals surface area contributed by atoms with E-state index in [1.165, 1.54) is 17.7 Å². The van der Waals surface area contributed by atoms with Crippen molar-refractivity contribution in [2.75, 3.05) is 0 Å². The normalized spacial score (nSPS) is 12.8. The molecule has 0 aliphatic heterocycles. The van der Waals surface area contributed by atoms with Gasteiger partial charge in [-0.05, 0) is 28.5 Å². The van der Waals surface area contributed by atoms with Crippen LogP contribution in [0.1, 0.15) is 67.7 Å². The highest BCUT2D eigenvalue weighted by Gasteiger charge is 2.21. The Bertz CT molecular complexity index is 852. The fourth-order valence-electron chi connectivity index (χ4n) is 3.19. The highest BCUT2D eigenvalue weighted by Crippen LogP contribution is 2.28. The van der Waals surface area contributed by atoms with Gasteiger partial charge < -0.3 is 11.1 Å². The molecule has 6 nitrogen and oxygen atoms in total. The average Bonchev–Trinajstić information content (AvgIpc) is 2.61. The van der Waals surface area contributed by atoms with Crippen LogP contribution in [0.2, 0.25) is 0 Å². The van der Waals surface area contributed by atoms with Crippen molar-refractivity contribution in [1.82, 2.24) is 5.32 Å². The second-order valence-corrected chi connectivity index (χ2v) is 8.44. The van der Waals surface area contributed by atoms with E-state index in [2.05, 4.69) is 64.2 Å². The van der Waals surface area contributed by atoms with E-state index in [9.17, 15) is 14.9 Å². The van der Waals surface area contributed by atoms with Crippen LogP contribution in [0.15, 0.2) is 42.5 Å². The minimum absolute atomic E-state index is 0.0458. The van der Waals surface area contributed by atoms with E-state index in [-0.39, 0.29) is 22.7 Å². The molecule has 2 aromatic carbocycles. The molecule has 0 radical (unpaired) electrons. The van der Waals surface area contributed by atoms with Crippen molar-refractivity contribution in [3.8, 4) is 0 Å². The van der Waals surface area contributed by atoms with E-state index >= 15 is 0 Å². The SMILES string of the molecule is CC(C)C(NCc1ccc(C(N)=O)cc1[N+](=O)[O-])c1ccc(C(C)(C)C)cc1. The van der Waals surface area contributed by atoms with Crippen molar-refractivity contribution in [2.45, 2.75) is 52.6 Å². The quantitative estimate of drug-likeness (QED) is 0.544. The van der Waals surface area contributed by atoms with Crippen molar-refractivity contribution in [2.24, 2.45) is 11.7 Å². The van der Waals surface area contributed by atoms with Gasteiger partial charge in [-0.2, -0.15) is 0 Å². The van der Waals surface area contributed by atoms with Crippen LogP contribution < -0.4 is 11.1 Å². The van der Waals surface area contributed by atoms with E-state index in [4.69, 9.17) is 5.73 Å². The summed E-state index contributed by atoms with van der Waals surface area (Å²) >= 11 is 0. The number of nitrogens with two attached hydrogens (primary N) is 1. The molecule has 0 saturated carbocycles. The molecule has 0 spiro atoms. The molecule has 2 rings (SSSR count). The van der Waals surface area contributed by atoms with Gasteiger partial charge >= 0.3 is 0 Å². The Labute approximate surface area is 166 Å². The predicted octanol–water partition coefficient (Wildman–Crippen LogP) is 4.48. The maximum absolute atomic E-state index is 11.4. The Morgan fingerprint density at radius 1 is 1.14 bits per heavy atom. The molecule has 0 aromatic heterocycles. The Morgan fingerprint density at radius 2 is 1.75 bits per heavy atom. The number of nitro benzene ring substituents is 1. The molecule has 0 saturated heterocycles. The summed E-state index contributed by atoms with van der Waals surface area (Å²) in [6, 6.07) is 12.9. The zero-order chi connectivity index (χ0) is 21.1. The summed E-state index contributed by atoms with van der Waals surface area (Å²) < 4.78 is 0. The number of amides is 1. The number of nitrogens with zero attached hydrogens (tertiary/aromatic N) is 1. The first kappa shape index (κ1) is 21.6. The first-order chi connectivity index (χ1) is 13.0. The maximum atomic E-state index is 11.4. The first-order valence-electron chi connectivity index (χ1n) is 9.41. The Balaban J connectivity index is 2.24. The monoisotopic (exact) mass is 383 g/mol. The lowest BCUT2D eigenvalue weighted by atomic mass is 9.85. The number of nitrogens with one attached hydrogen (secondary N) is 1. The second kappa shape index (κ2) is 8.52. The van der Waals surface area contributed by atoms with Crippen LogP contribution >= 0.6 is 0 Å². The smallest absolute Gasteiger partial charge is 0.274 e. The van der Waals surface area contributed by atoms with Crippen molar-refractivity contribution >= 4 is 11.6 Å². The lowest BCUT2D eigenvalue weighted by Crippen LogP contribution is -2.26. The van der Waals surface area contributed by atoms with Crippen LogP contribution in [0.3, 0.4) is 0 Å². The third-order valence-electron chi connectivity index (χ3n) is 4.88. The molecule has 0 bridgehead atoms. The molecule has 1 unspecified atom stereocenters. The molecule has 150 valence electrons. The fraction of sp³-hybridized carbons (Fsp3) is 0.409. The molecule has 0 aliphatic carbocycles. The molecule has 6 heteroatoms. The highest BCUT2D eigenvalue weighted by molar-refractivity contribution is 5.93. The topological polar surface area (TPSA) is 98.3 Å². The minimum atomic E-state index is -0.679. The number of carbonyl (C=O) groups is 1. The highest BCUT2D eigenvalue weighted by atomic mass is 16.6. The summed E-state index contributed by atoms with van der Waals surface area (Å²) in [5, 5.41) is 14.8. The fourth-order valence-corrected chi connectivity index (χ4v) is 3.19. The standard InChI is InChI=1S/C22H29N3O3/c1-14(2)20(15-8-10-18(11-9-15)22(3,4)5)24-13-17-7-6-16(21(23)26)12-19(17)25(27)28/h6-12,14,20,24H,13H2,1-5H3,(H2,23,26). The first-order valence-corrected chi connectivity index (χ1v) is 9.41. The zero-order valence-corrected chi connectivity index (χ0v) is 17.2. The van der Waals surface area contributed by atoms with Crippen LogP contribution in [-0.4, -0.2) is 10.8 Å². The van der Waals surface area contributed by atoms with Crippen LogP contribution in [0.5, 0.6) is 0 Å². The number of hydrogen-bond acceptors (Lipinski definition) is 4. The molecule has 1 atom stereocenters. The van der Waals surface area contributed by atoms with Gasteiger partial charge in [0, 0.05) is 29.8 Å². The molecule has 0 fully saturated rings. The summed E-state index contributed by atoms with van der Waals surface area (Å²) in [6.45, 7) is 11.1. The summed E-state index contributed by atoms with van der Waals surface area (Å²) in [4.78, 5) is 22.2. The van der Waals surface area contributed by atoms with Gasteiger partial charge in [0.15, 0.2) is 0 Å². The number of benzene rings is 2. The van der Waals surface area contributed by atoms with Crippen LogP contribution in [0.4, 0.5) is 5.69 Å². The molecule has 0 heterocycles. The lowest BCUT2D eigenvalue weighted by Gasteiger charge is -2.25. The molecule has 0 aliphatic rings. The van der Waals surface area contributed by atoms with Crippen molar-refractivity contribution in [3.63, 3.8) is 0 Å². The minimum Gasteiger partial charge on any atom is -0.366 e. The Hall–Kier alpha value is -2.73. The van der Waals surface area contributed by atoms with Crippen LogP contribution in [0.25, 0.3) is 0 Å². The lowest BCUT2D eigenvalue weighted by molar-refractivity contribution is -0.385. The number of primary amides is 1. The number of carbonyl (C=O) groups excluding carboxylic acids is 1. The van der Waals surface area contributed by atoms with Crippen molar-refractivity contribution < 1.29 is 9.72 Å². The maximum Gasteiger partial charge on any atom is 0.274 e. The van der Waals surface area contributed by atoms with E-state index in [0.29, 0.717) is 18.0 Å². The molecule has 3 N–H and O–H groups in total. The van der Waals surface area contributed by atoms with E-state index in [1.807, 2.05) is 0 Å². The molecule has 2 aromatic rings. The van der Waals surface area contributed by atoms with Crippen LogP contribution in [0, 0.1) is 16.0 Å². The Kier molecular flexibility index (Phi) is 6.56. The largest absolute Gasteiger partial charge is 0.366 e.